The van der Waals surface area contributed by atoms with Crippen molar-refractivity contribution in [2.24, 2.45) is 11.3 Å². The van der Waals surface area contributed by atoms with Crippen LogP contribution in [0, 0.1) is 11.3 Å². The maximum absolute atomic E-state index is 12.3. The fourth-order valence-electron chi connectivity index (χ4n) is 2.68. The number of carbonyl (C=O) groups is 2. The summed E-state index contributed by atoms with van der Waals surface area (Å²) in [7, 11) is 0. The zero-order valence-electron chi connectivity index (χ0n) is 15.4. The van der Waals surface area contributed by atoms with Crippen LogP contribution in [0.4, 0.5) is 11.4 Å². The summed E-state index contributed by atoms with van der Waals surface area (Å²) in [5.41, 5.74) is 1.62. The number of nitrogens with one attached hydrogen (secondary N) is 1. The Labute approximate surface area is 145 Å². The van der Waals surface area contributed by atoms with E-state index in [9.17, 15) is 9.59 Å². The van der Waals surface area contributed by atoms with E-state index in [1.807, 2.05) is 63.8 Å². The molecule has 0 unspecified atom stereocenters. The van der Waals surface area contributed by atoms with E-state index < -0.39 is 0 Å². The summed E-state index contributed by atoms with van der Waals surface area (Å²) < 4.78 is 0. The van der Waals surface area contributed by atoms with Gasteiger partial charge in [0.05, 0.1) is 0 Å². The Morgan fingerprint density at radius 3 is 2.00 bits per heavy atom. The van der Waals surface area contributed by atoms with Gasteiger partial charge in [0.15, 0.2) is 0 Å². The zero-order chi connectivity index (χ0) is 17.9. The first-order chi connectivity index (χ1) is 11.2. The molecular weight excluding hydrogens is 302 g/mol. The van der Waals surface area contributed by atoms with Gasteiger partial charge in [-0.2, -0.15) is 0 Å². The second kappa shape index (κ2) is 7.24. The number of amides is 2. The van der Waals surface area contributed by atoms with Gasteiger partial charge in [0.2, 0.25) is 11.8 Å². The Kier molecular flexibility index (Phi) is 5.52. The fourth-order valence-corrected chi connectivity index (χ4v) is 2.68. The molecule has 2 amide bonds. The SMILES string of the molecule is CC(C)C(=O)Nc1ccc(N2CCN(C(=O)C(C)(C)C)CC2)cc1. The maximum Gasteiger partial charge on any atom is 0.228 e. The standard InChI is InChI=1S/C19H29N3O2/c1-14(2)17(23)20-15-6-8-16(9-7-15)21-10-12-22(13-11-21)18(24)19(3,4)5/h6-9,14H,10-13H2,1-5H3,(H,20,23). The number of hydrogen-bond donors (Lipinski definition) is 1. The van der Waals surface area contributed by atoms with Crippen LogP contribution >= 0.6 is 0 Å². The minimum absolute atomic E-state index is 0.0251. The molecule has 1 aromatic carbocycles. The molecule has 1 heterocycles. The lowest BCUT2D eigenvalue weighted by Crippen LogP contribution is -2.51. The number of rotatable bonds is 3. The highest BCUT2D eigenvalue weighted by Gasteiger charge is 2.29. The molecule has 0 atom stereocenters. The second-order valence-corrected chi connectivity index (χ2v) is 7.72. The summed E-state index contributed by atoms with van der Waals surface area (Å²) in [6, 6.07) is 7.92. The predicted molar refractivity (Wildman–Crippen MR) is 98.2 cm³/mol. The van der Waals surface area contributed by atoms with Crippen molar-refractivity contribution in [1.82, 2.24) is 4.90 Å². The lowest BCUT2D eigenvalue weighted by molar-refractivity contribution is -0.139. The molecule has 1 aromatic rings. The van der Waals surface area contributed by atoms with Crippen LogP contribution in [0.15, 0.2) is 24.3 Å². The van der Waals surface area contributed by atoms with E-state index in [1.54, 1.807) is 0 Å². The van der Waals surface area contributed by atoms with Gasteiger partial charge < -0.3 is 15.1 Å². The Bertz CT molecular complexity index is 580. The molecule has 24 heavy (non-hydrogen) atoms. The Balaban J connectivity index is 1.93. The molecule has 5 nitrogen and oxygen atoms in total. The average Bonchev–Trinajstić information content (AvgIpc) is 2.54. The van der Waals surface area contributed by atoms with E-state index in [-0.39, 0.29) is 23.1 Å². The Morgan fingerprint density at radius 2 is 1.54 bits per heavy atom. The van der Waals surface area contributed by atoms with Gasteiger partial charge in [-0.25, -0.2) is 0 Å². The van der Waals surface area contributed by atoms with Gasteiger partial charge >= 0.3 is 0 Å². The monoisotopic (exact) mass is 331 g/mol. The van der Waals surface area contributed by atoms with Crippen molar-refractivity contribution in [1.29, 1.82) is 0 Å². The van der Waals surface area contributed by atoms with Crippen LogP contribution in [0.2, 0.25) is 0 Å². The van der Waals surface area contributed by atoms with E-state index in [4.69, 9.17) is 0 Å². The predicted octanol–water partition coefficient (Wildman–Crippen LogP) is 2.98. The van der Waals surface area contributed by atoms with Crippen molar-refractivity contribution < 1.29 is 9.59 Å². The molecule has 1 saturated heterocycles. The highest BCUT2D eigenvalue weighted by Crippen LogP contribution is 2.22. The minimum Gasteiger partial charge on any atom is -0.368 e. The third-order valence-corrected chi connectivity index (χ3v) is 4.23. The van der Waals surface area contributed by atoms with Crippen LogP contribution in [0.25, 0.3) is 0 Å². The van der Waals surface area contributed by atoms with E-state index in [1.165, 1.54) is 0 Å². The first-order valence-corrected chi connectivity index (χ1v) is 8.64. The molecule has 0 saturated carbocycles. The molecule has 5 heteroatoms. The van der Waals surface area contributed by atoms with Crippen molar-refractivity contribution in [3.8, 4) is 0 Å². The molecule has 0 aromatic heterocycles. The lowest BCUT2D eigenvalue weighted by Gasteiger charge is -2.38. The third kappa shape index (κ3) is 4.49. The molecule has 1 aliphatic rings. The number of piperazine rings is 1. The van der Waals surface area contributed by atoms with Crippen molar-refractivity contribution in [2.75, 3.05) is 36.4 Å². The summed E-state index contributed by atoms with van der Waals surface area (Å²) in [4.78, 5) is 28.3. The highest BCUT2D eigenvalue weighted by molar-refractivity contribution is 5.92. The van der Waals surface area contributed by atoms with Gasteiger partial charge in [-0.15, -0.1) is 0 Å². The first kappa shape index (κ1) is 18.3. The molecule has 0 spiro atoms. The van der Waals surface area contributed by atoms with Crippen molar-refractivity contribution >= 4 is 23.2 Å². The third-order valence-electron chi connectivity index (χ3n) is 4.23. The highest BCUT2D eigenvalue weighted by atomic mass is 16.2. The largest absolute Gasteiger partial charge is 0.368 e. The van der Waals surface area contributed by atoms with Crippen LogP contribution in [0.5, 0.6) is 0 Å². The number of carbonyl (C=O) groups excluding carboxylic acids is 2. The van der Waals surface area contributed by atoms with Gasteiger partial charge in [-0.1, -0.05) is 34.6 Å². The molecule has 0 radical (unpaired) electrons. The van der Waals surface area contributed by atoms with E-state index in [2.05, 4.69) is 10.2 Å². The Hall–Kier alpha value is -2.04. The minimum atomic E-state index is -0.321. The average molecular weight is 331 g/mol. The van der Waals surface area contributed by atoms with Crippen LogP contribution in [0.3, 0.4) is 0 Å². The summed E-state index contributed by atoms with van der Waals surface area (Å²) in [5, 5.41) is 2.90. The van der Waals surface area contributed by atoms with E-state index in [0.29, 0.717) is 0 Å². The number of nitrogens with zero attached hydrogens (tertiary/aromatic N) is 2. The molecule has 0 aliphatic carbocycles. The smallest absolute Gasteiger partial charge is 0.228 e. The number of hydrogen-bond acceptors (Lipinski definition) is 3. The quantitative estimate of drug-likeness (QED) is 0.926. The molecule has 1 fully saturated rings. The van der Waals surface area contributed by atoms with Gasteiger partial charge in [-0.3, -0.25) is 9.59 Å². The normalized spacial score (nSPS) is 15.6. The van der Waals surface area contributed by atoms with Crippen molar-refractivity contribution in [2.45, 2.75) is 34.6 Å². The molecule has 132 valence electrons. The van der Waals surface area contributed by atoms with Crippen molar-refractivity contribution in [3.63, 3.8) is 0 Å². The summed E-state index contributed by atoms with van der Waals surface area (Å²) >= 11 is 0. The van der Waals surface area contributed by atoms with Crippen LogP contribution in [-0.4, -0.2) is 42.9 Å². The topological polar surface area (TPSA) is 52.7 Å². The molecule has 1 aliphatic heterocycles. The van der Waals surface area contributed by atoms with Crippen LogP contribution in [-0.2, 0) is 9.59 Å². The van der Waals surface area contributed by atoms with Gasteiger partial charge in [0.25, 0.3) is 0 Å². The fraction of sp³-hybridized carbons (Fsp3) is 0.579. The summed E-state index contributed by atoms with van der Waals surface area (Å²) in [6.45, 7) is 12.8. The molecule has 2 rings (SSSR count). The van der Waals surface area contributed by atoms with E-state index in [0.717, 1.165) is 37.6 Å². The number of benzene rings is 1. The zero-order valence-corrected chi connectivity index (χ0v) is 15.4. The van der Waals surface area contributed by atoms with Gasteiger partial charge in [-0.05, 0) is 24.3 Å². The van der Waals surface area contributed by atoms with Gasteiger partial charge in [0, 0.05) is 48.9 Å². The second-order valence-electron chi connectivity index (χ2n) is 7.72. The summed E-state index contributed by atoms with van der Waals surface area (Å²) in [5.74, 6) is 0.212. The molecule has 1 N–H and O–H groups in total. The summed E-state index contributed by atoms with van der Waals surface area (Å²) in [6.07, 6.45) is 0. The number of anilines is 2. The lowest BCUT2D eigenvalue weighted by atomic mass is 9.94. The van der Waals surface area contributed by atoms with Crippen LogP contribution in [0.1, 0.15) is 34.6 Å². The van der Waals surface area contributed by atoms with Crippen LogP contribution < -0.4 is 10.2 Å². The Morgan fingerprint density at radius 1 is 1.00 bits per heavy atom. The first-order valence-electron chi connectivity index (χ1n) is 8.64. The van der Waals surface area contributed by atoms with E-state index >= 15 is 0 Å². The molecular formula is C19H29N3O2. The van der Waals surface area contributed by atoms with Crippen molar-refractivity contribution in [3.05, 3.63) is 24.3 Å². The van der Waals surface area contributed by atoms with Gasteiger partial charge in [0.1, 0.15) is 0 Å². The molecule has 0 bridgehead atoms. The maximum atomic E-state index is 12.3.